The van der Waals surface area contributed by atoms with Gasteiger partial charge in [-0.05, 0) is 24.1 Å². The molecule has 1 aliphatic carbocycles. The predicted molar refractivity (Wildman–Crippen MR) is 87.5 cm³/mol. The molecule has 0 aromatic heterocycles. The highest BCUT2D eigenvalue weighted by atomic mass is 32.2. The maximum absolute atomic E-state index is 14.7. The van der Waals surface area contributed by atoms with Gasteiger partial charge < -0.3 is 15.4 Å². The number of cyclic esters (lactones) is 1. The first kappa shape index (κ1) is 13.9. The van der Waals surface area contributed by atoms with E-state index in [1.807, 2.05) is 11.8 Å². The Labute approximate surface area is 137 Å². The van der Waals surface area contributed by atoms with Gasteiger partial charge in [0.2, 0.25) is 0 Å². The molecule has 1 spiro atoms. The van der Waals surface area contributed by atoms with Crippen molar-refractivity contribution in [1.29, 1.82) is 0 Å². The Morgan fingerprint density at radius 1 is 1.52 bits per heavy atom. The standard InChI is InChI=1S/C16H18FN3O2S/c1-8-14-16(8)13(7-23-16)20(14)12-3-2-9(4-11(12)17)19-6-10(5-18)22-15(19)21/h2-4,8,10,13-14H,5-7,18H2,1H3/t8-,10-,13?,14?,16?/m0/s1. The third kappa shape index (κ3) is 1.55. The first-order valence-corrected chi connectivity index (χ1v) is 8.96. The summed E-state index contributed by atoms with van der Waals surface area (Å²) in [7, 11) is 0. The summed E-state index contributed by atoms with van der Waals surface area (Å²) in [5.41, 5.74) is 6.73. The van der Waals surface area contributed by atoms with Crippen LogP contribution in [0.4, 0.5) is 20.6 Å². The Morgan fingerprint density at radius 2 is 2.35 bits per heavy atom. The monoisotopic (exact) mass is 335 g/mol. The van der Waals surface area contributed by atoms with Crippen LogP contribution < -0.4 is 15.5 Å². The Bertz CT molecular complexity index is 709. The van der Waals surface area contributed by atoms with E-state index >= 15 is 0 Å². The number of amides is 1. The molecule has 7 heteroatoms. The first-order valence-electron chi connectivity index (χ1n) is 7.98. The highest BCUT2D eigenvalue weighted by molar-refractivity contribution is 8.02. The van der Waals surface area contributed by atoms with Gasteiger partial charge in [-0.25, -0.2) is 9.18 Å². The summed E-state index contributed by atoms with van der Waals surface area (Å²) in [6, 6.07) is 5.99. The molecule has 3 unspecified atom stereocenters. The number of carbonyl (C=O) groups is 1. The van der Waals surface area contributed by atoms with Gasteiger partial charge >= 0.3 is 6.09 Å². The van der Waals surface area contributed by atoms with Crippen LogP contribution in [0.25, 0.3) is 0 Å². The Hall–Kier alpha value is -1.47. The normalized spacial score (nSPS) is 40.0. The van der Waals surface area contributed by atoms with Crippen molar-refractivity contribution in [3.05, 3.63) is 24.0 Å². The second-order valence-electron chi connectivity index (χ2n) is 6.81. The molecule has 4 aliphatic rings. The van der Waals surface area contributed by atoms with Crippen LogP contribution in [0.1, 0.15) is 6.92 Å². The van der Waals surface area contributed by atoms with Crippen LogP contribution in [0, 0.1) is 11.7 Å². The first-order chi connectivity index (χ1) is 11.1. The number of thioether (sulfide) groups is 1. The second kappa shape index (κ2) is 4.33. The van der Waals surface area contributed by atoms with E-state index in [1.165, 1.54) is 11.0 Å². The molecule has 5 atom stereocenters. The Kier molecular flexibility index (Phi) is 2.62. The van der Waals surface area contributed by atoms with Gasteiger partial charge in [0, 0.05) is 12.3 Å². The minimum Gasteiger partial charge on any atom is -0.443 e. The summed E-state index contributed by atoms with van der Waals surface area (Å²) in [6.45, 7) is 2.90. The van der Waals surface area contributed by atoms with Crippen LogP contribution in [0.2, 0.25) is 0 Å². The number of carbonyl (C=O) groups excluding carboxylic acids is 1. The number of hydrogen-bond donors (Lipinski definition) is 1. The largest absolute Gasteiger partial charge is 0.443 e. The van der Waals surface area contributed by atoms with E-state index in [9.17, 15) is 9.18 Å². The maximum atomic E-state index is 14.7. The summed E-state index contributed by atoms with van der Waals surface area (Å²) >= 11 is 2.03. The van der Waals surface area contributed by atoms with E-state index in [2.05, 4.69) is 11.8 Å². The highest BCUT2D eigenvalue weighted by Gasteiger charge is 2.83. The zero-order valence-corrected chi connectivity index (χ0v) is 13.6. The molecule has 0 bridgehead atoms. The van der Waals surface area contributed by atoms with Gasteiger partial charge in [0.25, 0.3) is 0 Å². The van der Waals surface area contributed by atoms with Crippen LogP contribution in [0.15, 0.2) is 18.2 Å². The average Bonchev–Trinajstić information content (AvgIpc) is 2.93. The van der Waals surface area contributed by atoms with E-state index in [-0.39, 0.29) is 18.5 Å². The van der Waals surface area contributed by atoms with Crippen LogP contribution in [0.5, 0.6) is 0 Å². The van der Waals surface area contributed by atoms with Crippen molar-refractivity contribution in [2.75, 3.05) is 28.6 Å². The molecule has 1 saturated carbocycles. The summed E-state index contributed by atoms with van der Waals surface area (Å²) < 4.78 is 20.2. The van der Waals surface area contributed by atoms with Crippen LogP contribution in [-0.4, -0.2) is 47.9 Å². The van der Waals surface area contributed by atoms with Gasteiger partial charge in [-0.1, -0.05) is 6.92 Å². The smallest absolute Gasteiger partial charge is 0.414 e. The molecule has 5 nitrogen and oxygen atoms in total. The molecule has 23 heavy (non-hydrogen) atoms. The fourth-order valence-electron chi connectivity index (χ4n) is 4.52. The number of nitrogens with zero attached hydrogens (tertiary/aromatic N) is 2. The number of halogens is 1. The Morgan fingerprint density at radius 3 is 2.87 bits per heavy atom. The molecule has 3 heterocycles. The van der Waals surface area contributed by atoms with Crippen molar-refractivity contribution in [2.45, 2.75) is 29.9 Å². The molecular formula is C16H18FN3O2S. The van der Waals surface area contributed by atoms with Gasteiger partial charge in [0.05, 0.1) is 34.8 Å². The maximum Gasteiger partial charge on any atom is 0.414 e. The van der Waals surface area contributed by atoms with Crippen molar-refractivity contribution in [3.63, 3.8) is 0 Å². The van der Waals surface area contributed by atoms with E-state index in [0.29, 0.717) is 40.7 Å². The average molecular weight is 335 g/mol. The topological polar surface area (TPSA) is 58.8 Å². The van der Waals surface area contributed by atoms with Crippen LogP contribution in [-0.2, 0) is 4.74 Å². The third-order valence-electron chi connectivity index (χ3n) is 5.84. The molecular weight excluding hydrogens is 317 g/mol. The van der Waals surface area contributed by atoms with Gasteiger partial charge in [-0.2, -0.15) is 0 Å². The van der Waals surface area contributed by atoms with Crippen LogP contribution >= 0.6 is 11.8 Å². The molecule has 5 rings (SSSR count). The number of benzene rings is 1. The fourth-order valence-corrected chi connectivity index (χ4v) is 6.30. The van der Waals surface area contributed by atoms with E-state index in [4.69, 9.17) is 10.5 Å². The number of hydrogen-bond acceptors (Lipinski definition) is 5. The van der Waals surface area contributed by atoms with E-state index in [1.54, 1.807) is 12.1 Å². The molecule has 122 valence electrons. The number of nitrogens with two attached hydrogens (primary N) is 1. The minimum atomic E-state index is -0.457. The molecule has 2 N–H and O–H groups in total. The molecule has 1 aromatic rings. The summed E-state index contributed by atoms with van der Waals surface area (Å²) in [5.74, 6) is 1.46. The van der Waals surface area contributed by atoms with E-state index < -0.39 is 6.09 Å². The lowest BCUT2D eigenvalue weighted by molar-refractivity contribution is 0.145. The number of ether oxygens (including phenoxy) is 1. The molecule has 0 radical (unpaired) electrons. The van der Waals surface area contributed by atoms with Gasteiger partial charge in [0.1, 0.15) is 11.9 Å². The van der Waals surface area contributed by atoms with E-state index in [0.717, 1.165) is 5.75 Å². The predicted octanol–water partition coefficient (Wildman–Crippen LogP) is 1.80. The van der Waals surface area contributed by atoms with Crippen molar-refractivity contribution in [3.8, 4) is 0 Å². The number of anilines is 2. The van der Waals surface area contributed by atoms with Crippen molar-refractivity contribution in [2.24, 2.45) is 11.7 Å². The quantitative estimate of drug-likeness (QED) is 0.913. The second-order valence-corrected chi connectivity index (χ2v) is 8.14. The van der Waals surface area contributed by atoms with Gasteiger partial charge in [-0.3, -0.25) is 4.90 Å². The van der Waals surface area contributed by atoms with Crippen molar-refractivity contribution in [1.82, 2.24) is 0 Å². The lowest BCUT2D eigenvalue weighted by Crippen LogP contribution is -2.66. The zero-order chi connectivity index (χ0) is 15.9. The molecule has 3 aliphatic heterocycles. The van der Waals surface area contributed by atoms with Gasteiger partial charge in [0.15, 0.2) is 0 Å². The highest BCUT2D eigenvalue weighted by Crippen LogP contribution is 2.75. The Balaban J connectivity index is 1.41. The summed E-state index contributed by atoms with van der Waals surface area (Å²) in [5, 5.41) is 0. The third-order valence-corrected chi connectivity index (χ3v) is 7.71. The molecule has 4 fully saturated rings. The van der Waals surface area contributed by atoms with Crippen LogP contribution in [0.3, 0.4) is 0 Å². The minimum absolute atomic E-state index is 0.268. The molecule has 1 aromatic carbocycles. The lowest BCUT2D eigenvalue weighted by Gasteiger charge is -2.55. The number of rotatable bonds is 3. The SMILES string of the molecule is C[C@H]1C2N(c3ccc(N4C[C@H](CN)OC4=O)cc3F)C3CSC321. The molecule has 3 saturated heterocycles. The summed E-state index contributed by atoms with van der Waals surface area (Å²) in [6.07, 6.45) is -0.776. The molecule has 1 amide bonds. The lowest BCUT2D eigenvalue weighted by atomic mass is 10.0. The van der Waals surface area contributed by atoms with Crippen molar-refractivity contribution >= 4 is 29.2 Å². The zero-order valence-electron chi connectivity index (χ0n) is 12.7. The van der Waals surface area contributed by atoms with Gasteiger partial charge in [-0.15, -0.1) is 11.8 Å². The van der Waals surface area contributed by atoms with Crippen molar-refractivity contribution < 1.29 is 13.9 Å². The summed E-state index contributed by atoms with van der Waals surface area (Å²) in [4.78, 5) is 15.5. The fraction of sp³-hybridized carbons (Fsp3) is 0.562.